The lowest BCUT2D eigenvalue weighted by atomic mass is 9.95. The van der Waals surface area contributed by atoms with Gasteiger partial charge in [-0.25, -0.2) is 0 Å². The molecule has 0 aromatic carbocycles. The van der Waals surface area contributed by atoms with Crippen molar-refractivity contribution in [1.82, 2.24) is 15.1 Å². The number of nitrogens with zero attached hydrogens (tertiary/aromatic N) is 3. The third-order valence-corrected chi connectivity index (χ3v) is 3.74. The molecule has 2 aromatic rings. The molecule has 1 atom stereocenters. The first-order valence-corrected chi connectivity index (χ1v) is 7.14. The van der Waals surface area contributed by atoms with Gasteiger partial charge in [0.25, 0.3) is 5.89 Å². The molecule has 0 bridgehead atoms. The average molecular weight is 276 g/mol. The van der Waals surface area contributed by atoms with Gasteiger partial charge < -0.3 is 14.6 Å². The van der Waals surface area contributed by atoms with Crippen LogP contribution in [-0.2, 0) is 6.54 Å². The molecule has 3 heterocycles. The maximum Gasteiger partial charge on any atom is 0.283 e. The highest BCUT2D eigenvalue weighted by atomic mass is 16.4. The molecule has 1 saturated heterocycles. The number of furan rings is 1. The minimum Gasteiger partial charge on any atom is -0.459 e. The van der Waals surface area contributed by atoms with Gasteiger partial charge in [-0.3, -0.25) is 4.90 Å². The Balaban J connectivity index is 1.60. The second kappa shape index (κ2) is 6.19. The van der Waals surface area contributed by atoms with Crippen LogP contribution in [0.5, 0.6) is 0 Å². The van der Waals surface area contributed by atoms with E-state index in [1.54, 1.807) is 12.3 Å². The predicted molar refractivity (Wildman–Crippen MR) is 73.7 cm³/mol. The lowest BCUT2D eigenvalue weighted by Gasteiger charge is -2.31. The van der Waals surface area contributed by atoms with Crippen LogP contribution in [0.4, 0.5) is 0 Å². The Labute approximate surface area is 117 Å². The highest BCUT2D eigenvalue weighted by molar-refractivity contribution is 5.42. The summed E-state index contributed by atoms with van der Waals surface area (Å²) in [6, 6.07) is 3.62. The first-order valence-electron chi connectivity index (χ1n) is 7.14. The van der Waals surface area contributed by atoms with Gasteiger partial charge in [0, 0.05) is 6.54 Å². The zero-order valence-corrected chi connectivity index (χ0v) is 11.5. The topological polar surface area (TPSA) is 81.3 Å². The summed E-state index contributed by atoms with van der Waals surface area (Å²) >= 11 is 0. The second-order valence-corrected chi connectivity index (χ2v) is 5.30. The highest BCUT2D eigenvalue weighted by Gasteiger charge is 2.21. The summed E-state index contributed by atoms with van der Waals surface area (Å²) < 4.78 is 10.9. The molecule has 1 aliphatic heterocycles. The molecule has 108 valence electrons. The van der Waals surface area contributed by atoms with Crippen LogP contribution in [0.2, 0.25) is 0 Å². The van der Waals surface area contributed by atoms with Gasteiger partial charge in [-0.15, -0.1) is 10.2 Å². The van der Waals surface area contributed by atoms with Crippen LogP contribution in [0.25, 0.3) is 11.7 Å². The number of aromatic nitrogens is 2. The van der Waals surface area contributed by atoms with Crippen LogP contribution in [0.3, 0.4) is 0 Å². The quantitative estimate of drug-likeness (QED) is 0.898. The van der Waals surface area contributed by atoms with Gasteiger partial charge in [0.1, 0.15) is 0 Å². The van der Waals surface area contributed by atoms with Gasteiger partial charge in [0.05, 0.1) is 12.8 Å². The molecule has 1 aliphatic rings. The molecular formula is C14H20N4O2. The number of hydrogen-bond acceptors (Lipinski definition) is 6. The zero-order chi connectivity index (χ0) is 13.8. The van der Waals surface area contributed by atoms with E-state index in [-0.39, 0.29) is 0 Å². The van der Waals surface area contributed by atoms with E-state index >= 15 is 0 Å². The third kappa shape index (κ3) is 3.08. The van der Waals surface area contributed by atoms with Crippen molar-refractivity contribution in [2.45, 2.75) is 25.8 Å². The van der Waals surface area contributed by atoms with Gasteiger partial charge in [-0.2, -0.15) is 0 Å². The fourth-order valence-electron chi connectivity index (χ4n) is 2.77. The Bertz CT molecular complexity index is 521. The Morgan fingerprint density at radius 3 is 3.15 bits per heavy atom. The Kier molecular flexibility index (Phi) is 4.13. The SMILES string of the molecule is NCCC1CCCN(Cc2nnc(-c3ccco3)o2)C1. The van der Waals surface area contributed by atoms with E-state index in [9.17, 15) is 0 Å². The van der Waals surface area contributed by atoms with E-state index < -0.39 is 0 Å². The monoisotopic (exact) mass is 276 g/mol. The minimum absolute atomic E-state index is 0.445. The predicted octanol–water partition coefficient (Wildman–Crippen LogP) is 1.89. The van der Waals surface area contributed by atoms with Gasteiger partial charge in [0.2, 0.25) is 5.89 Å². The molecule has 0 saturated carbocycles. The molecule has 1 unspecified atom stereocenters. The largest absolute Gasteiger partial charge is 0.459 e. The standard InChI is InChI=1S/C14H20N4O2/c15-6-5-11-3-1-7-18(9-11)10-13-16-17-14(20-13)12-4-2-8-19-12/h2,4,8,11H,1,3,5-7,9-10,15H2. The number of rotatable bonds is 5. The van der Waals surface area contributed by atoms with E-state index in [0.717, 1.165) is 26.1 Å². The fourth-order valence-corrected chi connectivity index (χ4v) is 2.77. The van der Waals surface area contributed by atoms with Gasteiger partial charge in [0.15, 0.2) is 5.76 Å². The zero-order valence-electron chi connectivity index (χ0n) is 11.5. The first kappa shape index (κ1) is 13.3. The molecule has 3 rings (SSSR count). The molecule has 0 aliphatic carbocycles. The van der Waals surface area contributed by atoms with Crippen molar-refractivity contribution in [2.75, 3.05) is 19.6 Å². The summed E-state index contributed by atoms with van der Waals surface area (Å²) in [6.07, 6.45) is 5.18. The van der Waals surface area contributed by atoms with E-state index in [1.807, 2.05) is 6.07 Å². The van der Waals surface area contributed by atoms with Crippen molar-refractivity contribution >= 4 is 0 Å². The smallest absolute Gasteiger partial charge is 0.283 e. The maximum absolute atomic E-state index is 5.65. The second-order valence-electron chi connectivity index (χ2n) is 5.30. The molecular weight excluding hydrogens is 256 g/mol. The molecule has 1 fully saturated rings. The van der Waals surface area contributed by atoms with E-state index in [2.05, 4.69) is 15.1 Å². The van der Waals surface area contributed by atoms with Crippen LogP contribution in [-0.4, -0.2) is 34.7 Å². The normalized spacial score (nSPS) is 20.4. The number of piperidine rings is 1. The van der Waals surface area contributed by atoms with Crippen molar-refractivity contribution in [2.24, 2.45) is 11.7 Å². The van der Waals surface area contributed by atoms with Gasteiger partial charge in [-0.1, -0.05) is 0 Å². The number of nitrogens with two attached hydrogens (primary N) is 1. The third-order valence-electron chi connectivity index (χ3n) is 3.74. The fraction of sp³-hybridized carbons (Fsp3) is 0.571. The molecule has 6 heteroatoms. The van der Waals surface area contributed by atoms with Gasteiger partial charge >= 0.3 is 0 Å². The Morgan fingerprint density at radius 1 is 1.40 bits per heavy atom. The summed E-state index contributed by atoms with van der Waals surface area (Å²) in [6.45, 7) is 3.62. The first-order chi connectivity index (χ1) is 9.85. The minimum atomic E-state index is 0.445. The summed E-state index contributed by atoms with van der Waals surface area (Å²) in [5.41, 5.74) is 5.65. The lowest BCUT2D eigenvalue weighted by molar-refractivity contribution is 0.151. The highest BCUT2D eigenvalue weighted by Crippen LogP contribution is 2.22. The summed E-state index contributed by atoms with van der Waals surface area (Å²) in [4.78, 5) is 2.36. The Hall–Kier alpha value is -1.66. The summed E-state index contributed by atoms with van der Waals surface area (Å²) in [5.74, 6) is 2.40. The number of hydrogen-bond donors (Lipinski definition) is 1. The van der Waals surface area contributed by atoms with Crippen molar-refractivity contribution < 1.29 is 8.83 Å². The van der Waals surface area contributed by atoms with Crippen molar-refractivity contribution in [1.29, 1.82) is 0 Å². The molecule has 0 spiro atoms. The van der Waals surface area contributed by atoms with E-state index in [1.165, 1.54) is 12.8 Å². The van der Waals surface area contributed by atoms with Crippen molar-refractivity contribution in [3.63, 3.8) is 0 Å². The van der Waals surface area contributed by atoms with Crippen LogP contribution >= 0.6 is 0 Å². The number of likely N-dealkylation sites (tertiary alicyclic amines) is 1. The molecule has 2 aromatic heterocycles. The summed E-state index contributed by atoms with van der Waals surface area (Å²) in [7, 11) is 0. The lowest BCUT2D eigenvalue weighted by Crippen LogP contribution is -2.35. The molecule has 0 radical (unpaired) electrons. The maximum atomic E-state index is 5.65. The van der Waals surface area contributed by atoms with Gasteiger partial charge in [-0.05, 0) is 50.4 Å². The average Bonchev–Trinajstić information content (AvgIpc) is 3.10. The molecule has 20 heavy (non-hydrogen) atoms. The van der Waals surface area contributed by atoms with Crippen LogP contribution < -0.4 is 5.73 Å². The molecule has 2 N–H and O–H groups in total. The van der Waals surface area contributed by atoms with Crippen LogP contribution in [0.15, 0.2) is 27.2 Å². The van der Waals surface area contributed by atoms with Crippen LogP contribution in [0, 0.1) is 5.92 Å². The van der Waals surface area contributed by atoms with Crippen LogP contribution in [0.1, 0.15) is 25.2 Å². The Morgan fingerprint density at radius 2 is 2.35 bits per heavy atom. The molecule has 6 nitrogen and oxygen atoms in total. The van der Waals surface area contributed by atoms with Crippen molar-refractivity contribution in [3.8, 4) is 11.7 Å². The van der Waals surface area contributed by atoms with E-state index in [4.69, 9.17) is 14.6 Å². The molecule has 0 amide bonds. The summed E-state index contributed by atoms with van der Waals surface area (Å²) in [5, 5.41) is 8.12. The van der Waals surface area contributed by atoms with E-state index in [0.29, 0.717) is 30.0 Å². The van der Waals surface area contributed by atoms with Crippen molar-refractivity contribution in [3.05, 3.63) is 24.3 Å².